The van der Waals surface area contributed by atoms with E-state index in [0.29, 0.717) is 4.48 Å². The van der Waals surface area contributed by atoms with E-state index in [1.807, 2.05) is 5.32 Å². The maximum atomic E-state index is 11.5. The Morgan fingerprint density at radius 3 is 2.33 bits per heavy atom. The average molecular weight is 246 g/mol. The number of amides is 1. The van der Waals surface area contributed by atoms with Crippen LogP contribution < -0.4 is 5.32 Å². The van der Waals surface area contributed by atoms with Crippen LogP contribution in [-0.4, -0.2) is 18.6 Å². The van der Waals surface area contributed by atoms with Crippen LogP contribution in [0.1, 0.15) is 6.42 Å². The summed E-state index contributed by atoms with van der Waals surface area (Å²) >= 11 is 2.89. The average Bonchev–Trinajstić information content (AvgIpc) is 1.79. The summed E-state index contributed by atoms with van der Waals surface area (Å²) in [6, 6.07) is 0. The summed E-state index contributed by atoms with van der Waals surface area (Å²) in [5, 5.41) is 2.03. The van der Waals surface area contributed by atoms with Gasteiger partial charge < -0.3 is 5.32 Å². The molecule has 0 fully saturated rings. The summed E-state index contributed by atoms with van der Waals surface area (Å²) in [6.07, 6.45) is -5.90. The van der Waals surface area contributed by atoms with Crippen LogP contribution in [0.25, 0.3) is 0 Å². The fraction of sp³-hybridized carbons (Fsp3) is 0.500. The highest BCUT2D eigenvalue weighted by molar-refractivity contribution is 9.11. The van der Waals surface area contributed by atoms with Gasteiger partial charge in [0, 0.05) is 11.0 Å². The first-order valence-electron chi connectivity index (χ1n) is 2.98. The molecular weight excluding hydrogens is 239 g/mol. The summed E-state index contributed by atoms with van der Waals surface area (Å²) in [5.74, 6) is -1.05. The quantitative estimate of drug-likeness (QED) is 0.810. The third-order valence-electron chi connectivity index (χ3n) is 0.838. The number of carbonyl (C=O) groups is 1. The van der Waals surface area contributed by atoms with Gasteiger partial charge in [0.1, 0.15) is 6.42 Å². The second kappa shape index (κ2) is 4.49. The van der Waals surface area contributed by atoms with Gasteiger partial charge in [-0.2, -0.15) is 13.2 Å². The summed E-state index contributed by atoms with van der Waals surface area (Å²) in [6.45, 7) is 3.35. The lowest BCUT2D eigenvalue weighted by Gasteiger charge is -2.06. The zero-order valence-electron chi connectivity index (χ0n) is 6.04. The van der Waals surface area contributed by atoms with Crippen molar-refractivity contribution < 1.29 is 18.0 Å². The standard InChI is InChI=1S/C6H7BrF3NO/c1-4(7)3-11-5(12)2-6(8,9)10/h1-3H2,(H,11,12). The summed E-state index contributed by atoms with van der Waals surface area (Å²) in [4.78, 5) is 10.5. The predicted molar refractivity (Wildman–Crippen MR) is 41.7 cm³/mol. The Bertz CT molecular complexity index is 190. The molecule has 6 heteroatoms. The second-order valence-electron chi connectivity index (χ2n) is 2.09. The van der Waals surface area contributed by atoms with Crippen LogP contribution in [0.2, 0.25) is 0 Å². The van der Waals surface area contributed by atoms with Gasteiger partial charge in [-0.1, -0.05) is 22.5 Å². The third kappa shape index (κ3) is 7.59. The molecule has 0 radical (unpaired) electrons. The summed E-state index contributed by atoms with van der Waals surface area (Å²) in [7, 11) is 0. The lowest BCUT2D eigenvalue weighted by molar-refractivity contribution is -0.153. The molecule has 0 atom stereocenters. The predicted octanol–water partition coefficient (Wildman–Crippen LogP) is 1.96. The lowest BCUT2D eigenvalue weighted by atomic mass is 10.4. The van der Waals surface area contributed by atoms with Gasteiger partial charge in [0.25, 0.3) is 0 Å². The van der Waals surface area contributed by atoms with Crippen LogP contribution in [-0.2, 0) is 4.79 Å². The Morgan fingerprint density at radius 2 is 2.00 bits per heavy atom. The minimum Gasteiger partial charge on any atom is -0.351 e. The first kappa shape index (κ1) is 11.5. The number of halogens is 4. The molecule has 0 aliphatic heterocycles. The van der Waals surface area contributed by atoms with E-state index in [-0.39, 0.29) is 6.54 Å². The molecule has 0 spiro atoms. The van der Waals surface area contributed by atoms with Crippen LogP contribution >= 0.6 is 15.9 Å². The van der Waals surface area contributed by atoms with Gasteiger partial charge in [0.15, 0.2) is 0 Å². The Morgan fingerprint density at radius 1 is 1.50 bits per heavy atom. The smallest absolute Gasteiger partial charge is 0.351 e. The topological polar surface area (TPSA) is 29.1 Å². The van der Waals surface area contributed by atoms with E-state index in [9.17, 15) is 18.0 Å². The van der Waals surface area contributed by atoms with Crippen molar-refractivity contribution in [3.63, 3.8) is 0 Å². The molecule has 0 saturated carbocycles. The van der Waals surface area contributed by atoms with Gasteiger partial charge in [-0.25, -0.2) is 0 Å². The van der Waals surface area contributed by atoms with Gasteiger partial charge >= 0.3 is 6.18 Å². The summed E-state index contributed by atoms with van der Waals surface area (Å²) in [5.41, 5.74) is 0. The van der Waals surface area contributed by atoms with Crippen LogP contribution in [0.4, 0.5) is 13.2 Å². The fourth-order valence-corrected chi connectivity index (χ4v) is 0.579. The van der Waals surface area contributed by atoms with Gasteiger partial charge in [0.2, 0.25) is 5.91 Å². The van der Waals surface area contributed by atoms with Crippen LogP contribution in [0, 0.1) is 0 Å². The molecule has 0 aromatic rings. The van der Waals surface area contributed by atoms with E-state index in [2.05, 4.69) is 22.5 Å². The molecule has 0 unspecified atom stereocenters. The highest BCUT2D eigenvalue weighted by atomic mass is 79.9. The Hall–Kier alpha value is -0.520. The van der Waals surface area contributed by atoms with E-state index in [1.165, 1.54) is 0 Å². The van der Waals surface area contributed by atoms with Crippen LogP contribution in [0.3, 0.4) is 0 Å². The van der Waals surface area contributed by atoms with E-state index in [4.69, 9.17) is 0 Å². The molecule has 0 aromatic carbocycles. The Kier molecular flexibility index (Phi) is 4.30. The lowest BCUT2D eigenvalue weighted by Crippen LogP contribution is -2.29. The highest BCUT2D eigenvalue weighted by Gasteiger charge is 2.30. The molecule has 12 heavy (non-hydrogen) atoms. The first-order chi connectivity index (χ1) is 5.31. The monoisotopic (exact) mass is 245 g/mol. The molecule has 70 valence electrons. The zero-order chi connectivity index (χ0) is 9.78. The van der Waals surface area contributed by atoms with Crippen molar-refractivity contribution in [3.05, 3.63) is 11.1 Å². The SMILES string of the molecule is C=C(Br)CNC(=O)CC(F)(F)F. The largest absolute Gasteiger partial charge is 0.397 e. The molecule has 1 N–H and O–H groups in total. The molecule has 0 saturated heterocycles. The van der Waals surface area contributed by atoms with Crippen molar-refractivity contribution in [1.82, 2.24) is 5.32 Å². The van der Waals surface area contributed by atoms with Crippen molar-refractivity contribution in [3.8, 4) is 0 Å². The third-order valence-corrected chi connectivity index (χ3v) is 1.12. The normalized spacial score (nSPS) is 11.0. The summed E-state index contributed by atoms with van der Waals surface area (Å²) < 4.78 is 35.0. The minimum atomic E-state index is -4.45. The molecule has 0 aliphatic rings. The number of carbonyl (C=O) groups excluding carboxylic acids is 1. The maximum absolute atomic E-state index is 11.5. The van der Waals surface area contributed by atoms with E-state index in [0.717, 1.165) is 0 Å². The molecule has 1 amide bonds. The van der Waals surface area contributed by atoms with Gasteiger partial charge in [-0.3, -0.25) is 4.79 Å². The molecule has 0 aliphatic carbocycles. The van der Waals surface area contributed by atoms with Crippen molar-refractivity contribution in [1.29, 1.82) is 0 Å². The van der Waals surface area contributed by atoms with E-state index in [1.54, 1.807) is 0 Å². The van der Waals surface area contributed by atoms with Crippen LogP contribution in [0.5, 0.6) is 0 Å². The van der Waals surface area contributed by atoms with Crippen molar-refractivity contribution in [2.75, 3.05) is 6.54 Å². The molecule has 0 rings (SSSR count). The van der Waals surface area contributed by atoms with Crippen LogP contribution in [0.15, 0.2) is 11.1 Å². The number of nitrogens with one attached hydrogen (secondary N) is 1. The Labute approximate surface area is 75.9 Å². The van der Waals surface area contributed by atoms with Gasteiger partial charge in [0.05, 0.1) is 0 Å². The molecular formula is C6H7BrF3NO. The van der Waals surface area contributed by atoms with Crippen molar-refractivity contribution >= 4 is 21.8 Å². The molecule has 0 bridgehead atoms. The molecule has 0 heterocycles. The van der Waals surface area contributed by atoms with E-state index >= 15 is 0 Å². The Balaban J connectivity index is 3.68. The first-order valence-corrected chi connectivity index (χ1v) is 3.77. The van der Waals surface area contributed by atoms with Crippen molar-refractivity contribution in [2.45, 2.75) is 12.6 Å². The maximum Gasteiger partial charge on any atom is 0.397 e. The van der Waals surface area contributed by atoms with Gasteiger partial charge in [-0.05, 0) is 0 Å². The minimum absolute atomic E-state index is 0.00884. The molecule has 2 nitrogen and oxygen atoms in total. The molecule has 0 aromatic heterocycles. The van der Waals surface area contributed by atoms with Crippen molar-refractivity contribution in [2.24, 2.45) is 0 Å². The zero-order valence-corrected chi connectivity index (χ0v) is 7.63. The fourth-order valence-electron chi connectivity index (χ4n) is 0.439. The van der Waals surface area contributed by atoms with Gasteiger partial charge in [-0.15, -0.1) is 0 Å². The number of alkyl halides is 3. The number of hydrogen-bond donors (Lipinski definition) is 1. The second-order valence-corrected chi connectivity index (χ2v) is 3.21. The number of hydrogen-bond acceptors (Lipinski definition) is 1. The highest BCUT2D eigenvalue weighted by Crippen LogP contribution is 2.18. The van der Waals surface area contributed by atoms with E-state index < -0.39 is 18.5 Å². The number of rotatable bonds is 3.